The monoisotopic (exact) mass is 470 g/mol. The Morgan fingerprint density at radius 1 is 1.23 bits per heavy atom. The first-order valence-corrected chi connectivity index (χ1v) is 13.2. The number of hydrogen-bond donors (Lipinski definition) is 2. The van der Waals surface area contributed by atoms with Crippen LogP contribution in [-0.2, 0) is 16.6 Å². The summed E-state index contributed by atoms with van der Waals surface area (Å²) in [5.74, 6) is 0.758. The number of amides is 2. The van der Waals surface area contributed by atoms with Gasteiger partial charge < -0.3 is 10.6 Å². The third-order valence-corrected chi connectivity index (χ3v) is 9.72. The summed E-state index contributed by atoms with van der Waals surface area (Å²) in [5, 5.41) is 7.91. The quantitative estimate of drug-likeness (QED) is 0.620. The SMILES string of the molecule is CC1CCN(C(CNC(=O)NCc2ccc(S(=O)(=O)N(C)C)s2)c2cccs2)CC1. The van der Waals surface area contributed by atoms with Gasteiger partial charge in [0.05, 0.1) is 12.6 Å². The van der Waals surface area contributed by atoms with Crippen LogP contribution >= 0.6 is 22.7 Å². The van der Waals surface area contributed by atoms with E-state index in [0.29, 0.717) is 13.1 Å². The fourth-order valence-corrected chi connectivity index (χ4v) is 6.75. The fourth-order valence-electron chi connectivity index (χ4n) is 3.42. The number of nitrogens with zero attached hydrogens (tertiary/aromatic N) is 2. The van der Waals surface area contributed by atoms with Crippen LogP contribution in [0.4, 0.5) is 4.79 Å². The second-order valence-electron chi connectivity index (χ2n) is 7.82. The summed E-state index contributed by atoms with van der Waals surface area (Å²) in [4.78, 5) is 16.9. The van der Waals surface area contributed by atoms with E-state index in [1.807, 2.05) is 0 Å². The Hall–Kier alpha value is -1.46. The lowest BCUT2D eigenvalue weighted by Crippen LogP contribution is -2.44. The Bertz CT molecular complexity index is 917. The van der Waals surface area contributed by atoms with Crippen LogP contribution in [0.2, 0.25) is 0 Å². The molecule has 10 heteroatoms. The number of carbonyl (C=O) groups excluding carboxylic acids is 1. The predicted octanol–water partition coefficient (Wildman–Crippen LogP) is 3.33. The van der Waals surface area contributed by atoms with Gasteiger partial charge in [0.25, 0.3) is 10.0 Å². The molecule has 3 rings (SSSR count). The van der Waals surface area contributed by atoms with E-state index in [0.717, 1.165) is 23.9 Å². The number of carbonyl (C=O) groups is 1. The average Bonchev–Trinajstić information content (AvgIpc) is 3.40. The lowest BCUT2D eigenvalue weighted by molar-refractivity contribution is 0.138. The van der Waals surface area contributed by atoms with Crippen molar-refractivity contribution in [2.45, 2.75) is 36.6 Å². The van der Waals surface area contributed by atoms with Crippen LogP contribution in [0.1, 0.15) is 35.6 Å². The molecule has 2 aromatic rings. The molecule has 0 saturated carbocycles. The molecule has 1 saturated heterocycles. The molecule has 7 nitrogen and oxygen atoms in total. The van der Waals surface area contributed by atoms with Crippen LogP contribution in [0.3, 0.4) is 0 Å². The highest BCUT2D eigenvalue weighted by molar-refractivity contribution is 7.91. The molecule has 0 aliphatic carbocycles. The molecule has 1 fully saturated rings. The lowest BCUT2D eigenvalue weighted by Gasteiger charge is -2.36. The van der Waals surface area contributed by atoms with Crippen molar-refractivity contribution in [1.29, 1.82) is 0 Å². The van der Waals surface area contributed by atoms with E-state index in [1.54, 1.807) is 23.5 Å². The van der Waals surface area contributed by atoms with Gasteiger partial charge in [-0.2, -0.15) is 0 Å². The highest BCUT2D eigenvalue weighted by Gasteiger charge is 2.26. The molecule has 2 amide bonds. The van der Waals surface area contributed by atoms with Crippen molar-refractivity contribution in [2.75, 3.05) is 33.7 Å². The fraction of sp³-hybridized carbons (Fsp3) is 0.550. The molecule has 2 aromatic heterocycles. The lowest BCUT2D eigenvalue weighted by atomic mass is 9.97. The number of urea groups is 1. The molecule has 166 valence electrons. The van der Waals surface area contributed by atoms with E-state index in [9.17, 15) is 13.2 Å². The maximum atomic E-state index is 12.4. The van der Waals surface area contributed by atoms with E-state index in [4.69, 9.17) is 0 Å². The van der Waals surface area contributed by atoms with E-state index in [2.05, 4.69) is 40.0 Å². The Morgan fingerprint density at radius 3 is 2.60 bits per heavy atom. The summed E-state index contributed by atoms with van der Waals surface area (Å²) >= 11 is 2.90. The van der Waals surface area contributed by atoms with Crippen molar-refractivity contribution >= 4 is 38.7 Å². The Morgan fingerprint density at radius 2 is 1.97 bits per heavy atom. The molecule has 0 aromatic carbocycles. The maximum Gasteiger partial charge on any atom is 0.315 e. The standard InChI is InChI=1S/C20H30N4O3S3/c1-15-8-10-24(11-9-15)17(18-5-4-12-28-18)14-22-20(25)21-13-16-6-7-19(29-16)30(26,27)23(2)3/h4-7,12,15,17H,8-11,13-14H2,1-3H3,(H2,21,22,25). The van der Waals surface area contributed by atoms with E-state index in [1.165, 1.54) is 47.5 Å². The first-order valence-electron chi connectivity index (χ1n) is 10.1. The maximum absolute atomic E-state index is 12.4. The zero-order valence-electron chi connectivity index (χ0n) is 17.6. The summed E-state index contributed by atoms with van der Waals surface area (Å²) < 4.78 is 25.8. The van der Waals surface area contributed by atoms with Gasteiger partial charge in [-0.05, 0) is 55.4 Å². The molecule has 1 atom stereocenters. The Labute approximate surface area is 187 Å². The second kappa shape index (κ2) is 10.2. The Kier molecular flexibility index (Phi) is 7.92. The third-order valence-electron chi connectivity index (χ3n) is 5.38. The topological polar surface area (TPSA) is 81.8 Å². The molecule has 1 aliphatic rings. The minimum absolute atomic E-state index is 0.182. The van der Waals surface area contributed by atoms with Gasteiger partial charge in [0.15, 0.2) is 0 Å². The summed E-state index contributed by atoms with van der Waals surface area (Å²) in [6, 6.07) is 7.44. The van der Waals surface area contributed by atoms with Gasteiger partial charge in [-0.3, -0.25) is 4.90 Å². The van der Waals surface area contributed by atoms with E-state index < -0.39 is 10.0 Å². The predicted molar refractivity (Wildman–Crippen MR) is 122 cm³/mol. The van der Waals surface area contributed by atoms with Crippen LogP contribution in [0.15, 0.2) is 33.9 Å². The zero-order chi connectivity index (χ0) is 21.7. The summed E-state index contributed by atoms with van der Waals surface area (Å²) in [7, 11) is -0.424. The number of hydrogen-bond acceptors (Lipinski definition) is 6. The van der Waals surface area contributed by atoms with E-state index >= 15 is 0 Å². The largest absolute Gasteiger partial charge is 0.336 e. The van der Waals surface area contributed by atoms with E-state index in [-0.39, 0.29) is 16.3 Å². The van der Waals surface area contributed by atoms with Crippen molar-refractivity contribution in [2.24, 2.45) is 5.92 Å². The highest BCUT2D eigenvalue weighted by Crippen LogP contribution is 2.29. The van der Waals surface area contributed by atoms with Crippen molar-refractivity contribution in [3.63, 3.8) is 0 Å². The highest BCUT2D eigenvalue weighted by atomic mass is 32.2. The average molecular weight is 471 g/mol. The van der Waals surface area contributed by atoms with Gasteiger partial charge in [0, 0.05) is 30.4 Å². The molecule has 0 radical (unpaired) electrons. The van der Waals surface area contributed by atoms with Crippen molar-refractivity contribution < 1.29 is 13.2 Å². The first kappa shape index (κ1) is 23.2. The van der Waals surface area contributed by atoms with Crippen molar-refractivity contribution in [3.05, 3.63) is 39.4 Å². The molecule has 1 aliphatic heterocycles. The molecular formula is C20H30N4O3S3. The Balaban J connectivity index is 1.53. The van der Waals surface area contributed by atoms with Crippen LogP contribution < -0.4 is 10.6 Å². The molecule has 2 N–H and O–H groups in total. The molecule has 3 heterocycles. The number of rotatable bonds is 8. The first-order chi connectivity index (χ1) is 14.3. The van der Waals surface area contributed by atoms with Gasteiger partial charge >= 0.3 is 6.03 Å². The number of likely N-dealkylation sites (tertiary alicyclic amines) is 1. The molecule has 1 unspecified atom stereocenters. The minimum atomic E-state index is -3.44. The van der Waals surface area contributed by atoms with Gasteiger partial charge in [-0.25, -0.2) is 17.5 Å². The van der Waals surface area contributed by atoms with Crippen molar-refractivity contribution in [3.8, 4) is 0 Å². The summed E-state index contributed by atoms with van der Waals surface area (Å²) in [6.07, 6.45) is 2.37. The van der Waals surface area contributed by atoms with Crippen LogP contribution in [0.5, 0.6) is 0 Å². The summed E-state index contributed by atoms with van der Waals surface area (Å²) in [6.45, 7) is 5.23. The number of nitrogens with one attached hydrogen (secondary N) is 2. The molecule has 0 bridgehead atoms. The van der Waals surface area contributed by atoms with Gasteiger partial charge in [0.2, 0.25) is 0 Å². The zero-order valence-corrected chi connectivity index (χ0v) is 20.1. The summed E-state index contributed by atoms with van der Waals surface area (Å²) in [5.41, 5.74) is 0. The van der Waals surface area contributed by atoms with Gasteiger partial charge in [0.1, 0.15) is 4.21 Å². The normalized spacial score (nSPS) is 17.2. The van der Waals surface area contributed by atoms with Crippen LogP contribution in [-0.4, -0.2) is 57.4 Å². The third kappa shape index (κ3) is 5.82. The van der Waals surface area contributed by atoms with Crippen LogP contribution in [0, 0.1) is 5.92 Å². The van der Waals surface area contributed by atoms with Gasteiger partial charge in [-0.1, -0.05) is 13.0 Å². The molecular weight excluding hydrogens is 440 g/mol. The minimum Gasteiger partial charge on any atom is -0.336 e. The number of sulfonamides is 1. The van der Waals surface area contributed by atoms with Crippen LogP contribution in [0.25, 0.3) is 0 Å². The molecule has 0 spiro atoms. The number of thiophene rings is 2. The molecule has 30 heavy (non-hydrogen) atoms. The smallest absolute Gasteiger partial charge is 0.315 e. The number of piperidine rings is 1. The van der Waals surface area contributed by atoms with Gasteiger partial charge in [-0.15, -0.1) is 22.7 Å². The van der Waals surface area contributed by atoms with Crippen molar-refractivity contribution in [1.82, 2.24) is 19.8 Å². The second-order valence-corrected chi connectivity index (χ2v) is 12.3.